The quantitative estimate of drug-likeness (QED) is 0.846. The van der Waals surface area contributed by atoms with E-state index in [0.29, 0.717) is 17.9 Å². The van der Waals surface area contributed by atoms with Gasteiger partial charge in [0, 0.05) is 37.6 Å². The standard InChI is InChI=1S/C16H18N2O3/c1-18(16(19)12-5-4-8-17-10-12)11-13-6-7-14(20-2)9-15(13)21-3/h4-10H,11H2,1-3H3. The first-order valence-electron chi connectivity index (χ1n) is 6.52. The number of pyridine rings is 1. The summed E-state index contributed by atoms with van der Waals surface area (Å²) in [4.78, 5) is 17.9. The van der Waals surface area contributed by atoms with Crippen LogP contribution in [-0.4, -0.2) is 37.1 Å². The van der Waals surface area contributed by atoms with Crippen molar-refractivity contribution in [2.75, 3.05) is 21.3 Å². The number of carbonyl (C=O) groups is 1. The fourth-order valence-corrected chi connectivity index (χ4v) is 2.02. The summed E-state index contributed by atoms with van der Waals surface area (Å²) >= 11 is 0. The van der Waals surface area contributed by atoms with Gasteiger partial charge in [0.25, 0.3) is 5.91 Å². The molecule has 0 spiro atoms. The highest BCUT2D eigenvalue weighted by atomic mass is 16.5. The van der Waals surface area contributed by atoms with E-state index < -0.39 is 0 Å². The molecule has 5 heteroatoms. The average Bonchev–Trinajstić information content (AvgIpc) is 2.55. The topological polar surface area (TPSA) is 51.7 Å². The van der Waals surface area contributed by atoms with Gasteiger partial charge in [-0.3, -0.25) is 9.78 Å². The van der Waals surface area contributed by atoms with Crippen LogP contribution < -0.4 is 9.47 Å². The van der Waals surface area contributed by atoms with Crippen LogP contribution in [0.25, 0.3) is 0 Å². The molecule has 1 amide bonds. The second kappa shape index (κ2) is 6.74. The van der Waals surface area contributed by atoms with Crippen LogP contribution in [0.3, 0.4) is 0 Å². The van der Waals surface area contributed by atoms with E-state index >= 15 is 0 Å². The highest BCUT2D eigenvalue weighted by molar-refractivity contribution is 5.93. The fraction of sp³-hybridized carbons (Fsp3) is 0.250. The van der Waals surface area contributed by atoms with Crippen LogP contribution in [-0.2, 0) is 6.54 Å². The molecule has 1 heterocycles. The summed E-state index contributed by atoms with van der Waals surface area (Å²) < 4.78 is 10.5. The zero-order chi connectivity index (χ0) is 15.2. The van der Waals surface area contributed by atoms with E-state index in [1.807, 2.05) is 12.1 Å². The number of ether oxygens (including phenoxy) is 2. The van der Waals surface area contributed by atoms with E-state index in [1.54, 1.807) is 56.8 Å². The normalized spacial score (nSPS) is 10.0. The first-order valence-corrected chi connectivity index (χ1v) is 6.52. The number of methoxy groups -OCH3 is 2. The first-order chi connectivity index (χ1) is 10.2. The number of hydrogen-bond donors (Lipinski definition) is 0. The number of hydrogen-bond acceptors (Lipinski definition) is 4. The summed E-state index contributed by atoms with van der Waals surface area (Å²) in [5.41, 5.74) is 1.48. The van der Waals surface area contributed by atoms with Crippen molar-refractivity contribution in [3.05, 3.63) is 53.9 Å². The van der Waals surface area contributed by atoms with Crippen molar-refractivity contribution in [3.8, 4) is 11.5 Å². The molecule has 0 radical (unpaired) electrons. The van der Waals surface area contributed by atoms with E-state index in [9.17, 15) is 4.79 Å². The predicted molar refractivity (Wildman–Crippen MR) is 79.6 cm³/mol. The lowest BCUT2D eigenvalue weighted by atomic mass is 10.1. The van der Waals surface area contributed by atoms with Crippen LogP contribution in [0.2, 0.25) is 0 Å². The number of rotatable bonds is 5. The van der Waals surface area contributed by atoms with Crippen LogP contribution in [0.5, 0.6) is 11.5 Å². The lowest BCUT2D eigenvalue weighted by Crippen LogP contribution is -2.26. The van der Waals surface area contributed by atoms with E-state index in [-0.39, 0.29) is 5.91 Å². The smallest absolute Gasteiger partial charge is 0.255 e. The van der Waals surface area contributed by atoms with Gasteiger partial charge in [0.1, 0.15) is 11.5 Å². The molecule has 0 fully saturated rings. The molecule has 1 aromatic heterocycles. The van der Waals surface area contributed by atoms with Gasteiger partial charge < -0.3 is 14.4 Å². The third kappa shape index (κ3) is 3.51. The molecule has 2 aromatic rings. The lowest BCUT2D eigenvalue weighted by molar-refractivity contribution is 0.0784. The number of aromatic nitrogens is 1. The second-order valence-corrected chi connectivity index (χ2v) is 4.58. The molecule has 21 heavy (non-hydrogen) atoms. The Morgan fingerprint density at radius 3 is 2.67 bits per heavy atom. The van der Waals surface area contributed by atoms with E-state index in [0.717, 1.165) is 11.3 Å². The molecule has 0 N–H and O–H groups in total. The minimum absolute atomic E-state index is 0.0824. The Morgan fingerprint density at radius 1 is 1.24 bits per heavy atom. The molecular weight excluding hydrogens is 268 g/mol. The Kier molecular flexibility index (Phi) is 4.77. The average molecular weight is 286 g/mol. The van der Waals surface area contributed by atoms with Gasteiger partial charge >= 0.3 is 0 Å². The van der Waals surface area contributed by atoms with Crippen molar-refractivity contribution >= 4 is 5.91 Å². The molecule has 0 aliphatic rings. The predicted octanol–water partition coefficient (Wildman–Crippen LogP) is 2.37. The number of carbonyl (C=O) groups excluding carboxylic acids is 1. The molecule has 0 atom stereocenters. The molecule has 110 valence electrons. The molecular formula is C16H18N2O3. The summed E-state index contributed by atoms with van der Waals surface area (Å²) in [6.07, 6.45) is 3.20. The Balaban J connectivity index is 2.16. The van der Waals surface area contributed by atoms with Gasteiger partial charge in [0.05, 0.1) is 19.8 Å². The van der Waals surface area contributed by atoms with E-state index in [4.69, 9.17) is 9.47 Å². The maximum Gasteiger partial charge on any atom is 0.255 e. The van der Waals surface area contributed by atoms with Gasteiger partial charge in [-0.1, -0.05) is 0 Å². The monoisotopic (exact) mass is 286 g/mol. The van der Waals surface area contributed by atoms with Crippen molar-refractivity contribution < 1.29 is 14.3 Å². The van der Waals surface area contributed by atoms with Crippen molar-refractivity contribution in [2.24, 2.45) is 0 Å². The van der Waals surface area contributed by atoms with Gasteiger partial charge in [-0.15, -0.1) is 0 Å². The van der Waals surface area contributed by atoms with Gasteiger partial charge in [0.2, 0.25) is 0 Å². The first kappa shape index (κ1) is 14.8. The zero-order valence-corrected chi connectivity index (χ0v) is 12.4. The third-order valence-corrected chi connectivity index (χ3v) is 3.16. The molecule has 5 nitrogen and oxygen atoms in total. The minimum Gasteiger partial charge on any atom is -0.497 e. The molecule has 0 aliphatic heterocycles. The molecule has 2 rings (SSSR count). The molecule has 0 unspecified atom stereocenters. The number of nitrogens with zero attached hydrogens (tertiary/aromatic N) is 2. The zero-order valence-electron chi connectivity index (χ0n) is 12.4. The summed E-state index contributed by atoms with van der Waals surface area (Å²) in [5.74, 6) is 1.33. The maximum atomic E-state index is 12.3. The van der Waals surface area contributed by atoms with Crippen LogP contribution in [0.4, 0.5) is 0 Å². The summed E-state index contributed by atoms with van der Waals surface area (Å²) in [7, 11) is 4.95. The Hall–Kier alpha value is -2.56. The molecule has 0 saturated carbocycles. The van der Waals surface area contributed by atoms with Gasteiger partial charge in [-0.25, -0.2) is 0 Å². The third-order valence-electron chi connectivity index (χ3n) is 3.16. The van der Waals surface area contributed by atoms with E-state index in [2.05, 4.69) is 4.98 Å². The fourth-order valence-electron chi connectivity index (χ4n) is 2.02. The van der Waals surface area contributed by atoms with E-state index in [1.165, 1.54) is 0 Å². The Bertz CT molecular complexity index is 614. The minimum atomic E-state index is -0.0824. The lowest BCUT2D eigenvalue weighted by Gasteiger charge is -2.19. The summed E-state index contributed by atoms with van der Waals surface area (Å²) in [6.45, 7) is 0.445. The second-order valence-electron chi connectivity index (χ2n) is 4.58. The SMILES string of the molecule is COc1ccc(CN(C)C(=O)c2cccnc2)c(OC)c1. The van der Waals surface area contributed by atoms with Crippen molar-refractivity contribution in [3.63, 3.8) is 0 Å². The highest BCUT2D eigenvalue weighted by Crippen LogP contribution is 2.25. The number of amides is 1. The van der Waals surface area contributed by atoms with Crippen LogP contribution in [0, 0.1) is 0 Å². The highest BCUT2D eigenvalue weighted by Gasteiger charge is 2.14. The van der Waals surface area contributed by atoms with Crippen molar-refractivity contribution in [2.45, 2.75) is 6.54 Å². The van der Waals surface area contributed by atoms with Crippen molar-refractivity contribution in [1.29, 1.82) is 0 Å². The van der Waals surface area contributed by atoms with Crippen molar-refractivity contribution in [1.82, 2.24) is 9.88 Å². The van der Waals surface area contributed by atoms with Crippen LogP contribution in [0.15, 0.2) is 42.7 Å². The van der Waals surface area contributed by atoms with Crippen LogP contribution in [0.1, 0.15) is 15.9 Å². The summed E-state index contributed by atoms with van der Waals surface area (Å²) in [5, 5.41) is 0. The molecule has 0 saturated heterocycles. The van der Waals surface area contributed by atoms with Gasteiger partial charge in [-0.05, 0) is 24.3 Å². The van der Waals surface area contributed by atoms with Gasteiger partial charge in [-0.2, -0.15) is 0 Å². The largest absolute Gasteiger partial charge is 0.497 e. The van der Waals surface area contributed by atoms with Gasteiger partial charge in [0.15, 0.2) is 0 Å². The molecule has 1 aromatic carbocycles. The summed E-state index contributed by atoms with van der Waals surface area (Å²) in [6, 6.07) is 9.04. The Labute approximate surface area is 124 Å². The number of benzene rings is 1. The van der Waals surface area contributed by atoms with Crippen LogP contribution >= 0.6 is 0 Å². The Morgan fingerprint density at radius 2 is 2.05 bits per heavy atom. The maximum absolute atomic E-state index is 12.3. The molecule has 0 bridgehead atoms. The molecule has 0 aliphatic carbocycles.